The van der Waals surface area contributed by atoms with Gasteiger partial charge in [0.05, 0.1) is 0 Å². The molecule has 7 nitrogen and oxygen atoms in total. The summed E-state index contributed by atoms with van der Waals surface area (Å²) in [7, 11) is 0. The fraction of sp³-hybridized carbons (Fsp3) is 0.294. The molecule has 1 saturated heterocycles. The zero-order valence-corrected chi connectivity index (χ0v) is 14.4. The van der Waals surface area contributed by atoms with E-state index in [4.69, 9.17) is 0 Å². The lowest BCUT2D eigenvalue weighted by molar-refractivity contribution is -0.134. The molecule has 1 atom stereocenters. The Morgan fingerprint density at radius 3 is 2.96 bits per heavy atom. The highest BCUT2D eigenvalue weighted by atomic mass is 32.1. The zero-order valence-electron chi connectivity index (χ0n) is 13.5. The summed E-state index contributed by atoms with van der Waals surface area (Å²) >= 11 is 1.34. The summed E-state index contributed by atoms with van der Waals surface area (Å²) in [5, 5.41) is 5.88. The molecule has 2 aliphatic rings. The monoisotopic (exact) mass is 356 g/mol. The molecule has 4 rings (SSSR count). The number of hydrogen-bond acceptors (Lipinski definition) is 5. The van der Waals surface area contributed by atoms with Gasteiger partial charge < -0.3 is 10.6 Å². The van der Waals surface area contributed by atoms with Crippen molar-refractivity contribution in [2.45, 2.75) is 25.3 Å². The first-order valence-electron chi connectivity index (χ1n) is 7.94. The fourth-order valence-electron chi connectivity index (χ4n) is 3.45. The molecule has 1 fully saturated rings. The number of carbonyl (C=O) groups is 3. The standard InChI is InChI=1S/C17H16N4O3S/c1-10-8-18-15(25-10)19-13(22)9-21-14(23)17(20-16(21)24)7-6-11-4-2-3-5-12(11)17/h2-5,8H,6-7,9H2,1H3,(H,20,24)(H,18,19,22)/t17-/m1/s1. The number of benzene rings is 1. The Kier molecular flexibility index (Phi) is 3.57. The van der Waals surface area contributed by atoms with Gasteiger partial charge in [-0.15, -0.1) is 11.3 Å². The Bertz CT molecular complexity index is 894. The molecule has 4 amide bonds. The van der Waals surface area contributed by atoms with Crippen LogP contribution in [-0.4, -0.2) is 34.3 Å². The molecule has 128 valence electrons. The van der Waals surface area contributed by atoms with Crippen LogP contribution in [0.2, 0.25) is 0 Å². The Labute approximate surface area is 148 Å². The molecule has 0 unspecified atom stereocenters. The average Bonchev–Trinajstić information content (AvgIpc) is 3.22. The molecule has 1 aromatic carbocycles. The highest BCUT2D eigenvalue weighted by Gasteiger charge is 2.55. The number of amides is 4. The van der Waals surface area contributed by atoms with Gasteiger partial charge in [0, 0.05) is 11.1 Å². The van der Waals surface area contributed by atoms with Gasteiger partial charge in [-0.3, -0.25) is 14.5 Å². The van der Waals surface area contributed by atoms with Gasteiger partial charge in [0.25, 0.3) is 5.91 Å². The number of thiazole rings is 1. The van der Waals surface area contributed by atoms with Crippen LogP contribution in [0.25, 0.3) is 0 Å². The first-order valence-corrected chi connectivity index (χ1v) is 8.76. The third-order valence-electron chi connectivity index (χ3n) is 4.59. The van der Waals surface area contributed by atoms with Crippen LogP contribution in [0.3, 0.4) is 0 Å². The van der Waals surface area contributed by atoms with Gasteiger partial charge in [-0.1, -0.05) is 24.3 Å². The molecule has 2 aromatic rings. The molecule has 8 heteroatoms. The Morgan fingerprint density at radius 2 is 2.20 bits per heavy atom. The summed E-state index contributed by atoms with van der Waals surface area (Å²) in [5.74, 6) is -0.811. The predicted molar refractivity (Wildman–Crippen MR) is 92.2 cm³/mol. The van der Waals surface area contributed by atoms with Gasteiger partial charge in [-0.25, -0.2) is 9.78 Å². The van der Waals surface area contributed by atoms with E-state index < -0.39 is 17.5 Å². The molecule has 0 radical (unpaired) electrons. The lowest BCUT2D eigenvalue weighted by atomic mass is 9.92. The number of anilines is 1. The Balaban J connectivity index is 1.53. The second kappa shape index (κ2) is 5.66. The smallest absolute Gasteiger partial charge is 0.319 e. The molecule has 1 aliphatic carbocycles. The van der Waals surface area contributed by atoms with Crippen molar-refractivity contribution in [3.63, 3.8) is 0 Å². The number of fused-ring (bicyclic) bond motifs is 2. The van der Waals surface area contributed by atoms with Gasteiger partial charge in [-0.05, 0) is 30.9 Å². The van der Waals surface area contributed by atoms with E-state index in [0.29, 0.717) is 11.6 Å². The van der Waals surface area contributed by atoms with Crippen LogP contribution in [0.1, 0.15) is 22.4 Å². The minimum Gasteiger partial charge on any atom is -0.319 e. The first kappa shape index (κ1) is 15.8. The highest BCUT2D eigenvalue weighted by molar-refractivity contribution is 7.15. The molecular formula is C17H16N4O3S. The number of carbonyl (C=O) groups excluding carboxylic acids is 3. The van der Waals surface area contributed by atoms with Crippen LogP contribution in [0.5, 0.6) is 0 Å². The second-order valence-corrected chi connectivity index (χ2v) is 7.44. The summed E-state index contributed by atoms with van der Waals surface area (Å²) in [6, 6.07) is 7.06. The molecule has 0 bridgehead atoms. The number of nitrogens with zero attached hydrogens (tertiary/aromatic N) is 2. The van der Waals surface area contributed by atoms with Crippen molar-refractivity contribution in [1.29, 1.82) is 0 Å². The maximum absolute atomic E-state index is 12.9. The normalized spacial score (nSPS) is 21.6. The summed E-state index contributed by atoms with van der Waals surface area (Å²) < 4.78 is 0. The van der Waals surface area contributed by atoms with Gasteiger partial charge in [0.2, 0.25) is 5.91 Å². The molecule has 2 heterocycles. The number of nitrogens with one attached hydrogen (secondary N) is 2. The number of imide groups is 1. The first-order chi connectivity index (χ1) is 12.0. The van der Waals surface area contributed by atoms with Crippen LogP contribution >= 0.6 is 11.3 Å². The summed E-state index contributed by atoms with van der Waals surface area (Å²) in [4.78, 5) is 43.5. The average molecular weight is 356 g/mol. The van der Waals surface area contributed by atoms with E-state index in [0.717, 1.165) is 27.3 Å². The van der Waals surface area contributed by atoms with E-state index in [1.807, 2.05) is 31.2 Å². The lowest BCUT2D eigenvalue weighted by Gasteiger charge is -2.22. The maximum atomic E-state index is 12.9. The fourth-order valence-corrected chi connectivity index (χ4v) is 4.13. The van der Waals surface area contributed by atoms with Crippen molar-refractivity contribution in [1.82, 2.24) is 15.2 Å². The lowest BCUT2D eigenvalue weighted by Crippen LogP contribution is -2.42. The summed E-state index contributed by atoms with van der Waals surface area (Å²) in [6.07, 6.45) is 2.89. The SMILES string of the molecule is Cc1cnc(NC(=O)CN2C(=O)N[C@@]3(CCc4ccccc43)C2=O)s1. The zero-order chi connectivity index (χ0) is 17.6. The van der Waals surface area contributed by atoms with Crippen molar-refractivity contribution in [2.24, 2.45) is 0 Å². The molecule has 1 aromatic heterocycles. The number of aryl methyl sites for hydroxylation is 2. The quantitative estimate of drug-likeness (QED) is 0.820. The van der Waals surface area contributed by atoms with Crippen molar-refractivity contribution in [3.8, 4) is 0 Å². The van der Waals surface area contributed by atoms with E-state index in [1.165, 1.54) is 11.3 Å². The van der Waals surface area contributed by atoms with Gasteiger partial charge in [-0.2, -0.15) is 0 Å². The number of aromatic nitrogens is 1. The van der Waals surface area contributed by atoms with Crippen molar-refractivity contribution in [3.05, 3.63) is 46.5 Å². The topological polar surface area (TPSA) is 91.4 Å². The Hall–Kier alpha value is -2.74. The van der Waals surface area contributed by atoms with E-state index in [-0.39, 0.29) is 12.5 Å². The van der Waals surface area contributed by atoms with E-state index in [9.17, 15) is 14.4 Å². The van der Waals surface area contributed by atoms with E-state index in [2.05, 4.69) is 15.6 Å². The molecular weight excluding hydrogens is 340 g/mol. The third-order valence-corrected chi connectivity index (χ3v) is 5.42. The molecule has 1 spiro atoms. The summed E-state index contributed by atoms with van der Waals surface area (Å²) in [5.41, 5.74) is 0.846. The Morgan fingerprint density at radius 1 is 1.40 bits per heavy atom. The highest BCUT2D eigenvalue weighted by Crippen LogP contribution is 2.41. The molecule has 0 saturated carbocycles. The molecule has 1 aliphatic heterocycles. The largest absolute Gasteiger partial charge is 0.325 e. The predicted octanol–water partition coefficient (Wildman–Crippen LogP) is 1.78. The number of urea groups is 1. The van der Waals surface area contributed by atoms with Crippen molar-refractivity contribution in [2.75, 3.05) is 11.9 Å². The van der Waals surface area contributed by atoms with Crippen LogP contribution in [0.15, 0.2) is 30.5 Å². The van der Waals surface area contributed by atoms with Crippen molar-refractivity contribution < 1.29 is 14.4 Å². The van der Waals surface area contributed by atoms with Crippen molar-refractivity contribution >= 4 is 34.3 Å². The maximum Gasteiger partial charge on any atom is 0.325 e. The van der Waals surface area contributed by atoms with Crippen LogP contribution in [0, 0.1) is 6.92 Å². The van der Waals surface area contributed by atoms with Crippen LogP contribution in [0.4, 0.5) is 9.93 Å². The van der Waals surface area contributed by atoms with Crippen LogP contribution in [-0.2, 0) is 21.5 Å². The van der Waals surface area contributed by atoms with E-state index >= 15 is 0 Å². The number of rotatable bonds is 3. The minimum atomic E-state index is -1.04. The molecule has 2 N–H and O–H groups in total. The number of hydrogen-bond donors (Lipinski definition) is 2. The molecule has 25 heavy (non-hydrogen) atoms. The third kappa shape index (κ3) is 2.49. The van der Waals surface area contributed by atoms with Gasteiger partial charge in [0.15, 0.2) is 5.13 Å². The van der Waals surface area contributed by atoms with Crippen LogP contribution < -0.4 is 10.6 Å². The summed E-state index contributed by atoms with van der Waals surface area (Å²) in [6.45, 7) is 1.55. The van der Waals surface area contributed by atoms with Gasteiger partial charge >= 0.3 is 6.03 Å². The second-order valence-electron chi connectivity index (χ2n) is 6.21. The van der Waals surface area contributed by atoms with E-state index in [1.54, 1.807) is 6.20 Å². The minimum absolute atomic E-state index is 0.326. The van der Waals surface area contributed by atoms with Gasteiger partial charge in [0.1, 0.15) is 12.1 Å².